The topological polar surface area (TPSA) is 24.4 Å². The third-order valence-electron chi connectivity index (χ3n) is 1.44. The molecule has 0 bridgehead atoms. The molecule has 0 unspecified atom stereocenters. The van der Waals surface area contributed by atoms with Crippen LogP contribution in [0.4, 0.5) is 13.2 Å². The summed E-state index contributed by atoms with van der Waals surface area (Å²) in [6.07, 6.45) is -3.31. The Morgan fingerprint density at radius 2 is 2.17 bits per heavy atom. The molecular formula is C7H9F3N2. The Morgan fingerprint density at radius 3 is 2.75 bits per heavy atom. The third-order valence-corrected chi connectivity index (χ3v) is 1.44. The molecule has 0 aliphatic carbocycles. The van der Waals surface area contributed by atoms with Crippen LogP contribution in [0.1, 0.15) is 6.92 Å². The van der Waals surface area contributed by atoms with Crippen LogP contribution in [0.2, 0.25) is 0 Å². The zero-order valence-electron chi connectivity index (χ0n) is 6.57. The van der Waals surface area contributed by atoms with Crippen molar-refractivity contribution in [2.24, 2.45) is 4.99 Å². The maximum atomic E-state index is 12.1. The molecule has 0 saturated heterocycles. The molecule has 2 nitrogen and oxygen atoms in total. The molecule has 1 rings (SSSR count). The van der Waals surface area contributed by atoms with Crippen LogP contribution in [0.5, 0.6) is 0 Å². The van der Waals surface area contributed by atoms with Crippen LogP contribution in [-0.4, -0.2) is 25.0 Å². The summed E-state index contributed by atoms with van der Waals surface area (Å²) in [6, 6.07) is 0. The number of hydrogen-bond donors (Lipinski definition) is 1. The molecule has 5 heteroatoms. The molecule has 1 aliphatic rings. The lowest BCUT2D eigenvalue weighted by molar-refractivity contribution is -0.0578. The molecule has 0 aromatic rings. The van der Waals surface area contributed by atoms with Crippen molar-refractivity contribution in [1.29, 1.82) is 0 Å². The van der Waals surface area contributed by atoms with Gasteiger partial charge in [0, 0.05) is 12.2 Å². The largest absolute Gasteiger partial charge is 0.432 e. The summed E-state index contributed by atoms with van der Waals surface area (Å²) >= 11 is 0. The number of rotatable bonds is 0. The lowest BCUT2D eigenvalue weighted by Gasteiger charge is -2.04. The van der Waals surface area contributed by atoms with Crippen molar-refractivity contribution in [3.8, 4) is 0 Å². The highest BCUT2D eigenvalue weighted by molar-refractivity contribution is 6.00. The Labute approximate surface area is 68.2 Å². The van der Waals surface area contributed by atoms with Gasteiger partial charge in [0.2, 0.25) is 0 Å². The van der Waals surface area contributed by atoms with E-state index in [-0.39, 0.29) is 6.54 Å². The van der Waals surface area contributed by atoms with Crippen LogP contribution in [0.3, 0.4) is 0 Å². The minimum absolute atomic E-state index is 0.169. The second-order valence-electron chi connectivity index (χ2n) is 2.52. The Kier molecular flexibility index (Phi) is 2.40. The lowest BCUT2D eigenvalue weighted by Crippen LogP contribution is -2.21. The van der Waals surface area contributed by atoms with Crippen LogP contribution >= 0.6 is 0 Å². The molecular weight excluding hydrogens is 169 g/mol. The average Bonchev–Trinajstić information content (AvgIpc) is 2.11. The molecule has 12 heavy (non-hydrogen) atoms. The molecule has 0 amide bonds. The molecule has 68 valence electrons. The first kappa shape index (κ1) is 9.09. The van der Waals surface area contributed by atoms with Gasteiger partial charge in [0.1, 0.15) is 5.71 Å². The summed E-state index contributed by atoms with van der Waals surface area (Å²) < 4.78 is 36.3. The first-order valence-electron chi connectivity index (χ1n) is 3.54. The zero-order chi connectivity index (χ0) is 9.19. The molecule has 0 radical (unpaired) electrons. The summed E-state index contributed by atoms with van der Waals surface area (Å²) in [4.78, 5) is 3.40. The van der Waals surface area contributed by atoms with Gasteiger partial charge in [-0.15, -0.1) is 0 Å². The highest BCUT2D eigenvalue weighted by Gasteiger charge is 2.34. The summed E-state index contributed by atoms with van der Waals surface area (Å²) in [5, 5.41) is 2.79. The monoisotopic (exact) mass is 178 g/mol. The van der Waals surface area contributed by atoms with Crippen molar-refractivity contribution in [3.05, 3.63) is 11.8 Å². The highest BCUT2D eigenvalue weighted by Crippen LogP contribution is 2.19. The van der Waals surface area contributed by atoms with E-state index in [2.05, 4.69) is 10.3 Å². The second kappa shape index (κ2) is 3.16. The van der Waals surface area contributed by atoms with Crippen molar-refractivity contribution >= 4 is 5.71 Å². The van der Waals surface area contributed by atoms with E-state index in [0.29, 0.717) is 12.2 Å². The number of nitrogens with one attached hydrogen (secondary N) is 1. The fourth-order valence-corrected chi connectivity index (χ4v) is 0.903. The number of aliphatic imine (C=N–C) groups is 1. The van der Waals surface area contributed by atoms with Gasteiger partial charge in [-0.05, 0) is 13.0 Å². The molecule has 0 spiro atoms. The van der Waals surface area contributed by atoms with E-state index in [1.165, 1.54) is 0 Å². The Morgan fingerprint density at radius 1 is 1.50 bits per heavy atom. The molecule has 0 aromatic carbocycles. The van der Waals surface area contributed by atoms with Crippen molar-refractivity contribution in [1.82, 2.24) is 5.32 Å². The predicted molar refractivity (Wildman–Crippen MR) is 40.1 cm³/mol. The molecule has 1 aliphatic heterocycles. The van der Waals surface area contributed by atoms with Gasteiger partial charge >= 0.3 is 6.18 Å². The summed E-state index contributed by atoms with van der Waals surface area (Å²) in [7, 11) is 0. The van der Waals surface area contributed by atoms with E-state index < -0.39 is 11.9 Å². The molecule has 1 N–H and O–H groups in total. The van der Waals surface area contributed by atoms with Crippen LogP contribution < -0.4 is 5.32 Å². The first-order valence-corrected chi connectivity index (χ1v) is 3.54. The maximum absolute atomic E-state index is 12.1. The zero-order valence-corrected chi connectivity index (χ0v) is 6.57. The lowest BCUT2D eigenvalue weighted by atomic mass is 10.3. The van der Waals surface area contributed by atoms with Gasteiger partial charge in [-0.2, -0.15) is 13.2 Å². The van der Waals surface area contributed by atoms with Crippen molar-refractivity contribution in [2.75, 3.05) is 13.1 Å². The van der Waals surface area contributed by atoms with Gasteiger partial charge in [0.15, 0.2) is 0 Å². The standard InChI is InChI=1S/C7H9F3N2/c1-5-4-6(7(8,9)10)12-3-2-11-5/h4,11H,2-3H2,1H3. The maximum Gasteiger partial charge on any atom is 0.432 e. The third kappa shape index (κ3) is 2.25. The SMILES string of the molecule is CC1=CC(C(F)(F)F)=NCCN1. The Bertz CT molecular complexity index is 227. The first-order chi connectivity index (χ1) is 5.50. The number of halogens is 3. The van der Waals surface area contributed by atoms with E-state index in [4.69, 9.17) is 0 Å². The Balaban J connectivity index is 2.86. The van der Waals surface area contributed by atoms with Crippen LogP contribution in [0.25, 0.3) is 0 Å². The van der Waals surface area contributed by atoms with Gasteiger partial charge in [-0.25, -0.2) is 0 Å². The van der Waals surface area contributed by atoms with Crippen LogP contribution in [0.15, 0.2) is 16.8 Å². The van der Waals surface area contributed by atoms with E-state index in [9.17, 15) is 13.2 Å². The highest BCUT2D eigenvalue weighted by atomic mass is 19.4. The van der Waals surface area contributed by atoms with Gasteiger partial charge in [0.25, 0.3) is 0 Å². The second-order valence-corrected chi connectivity index (χ2v) is 2.52. The van der Waals surface area contributed by atoms with Crippen LogP contribution in [0, 0.1) is 0 Å². The fourth-order valence-electron chi connectivity index (χ4n) is 0.903. The molecule has 0 fully saturated rings. The normalized spacial score (nSPS) is 19.0. The van der Waals surface area contributed by atoms with E-state index in [1.54, 1.807) is 6.92 Å². The average molecular weight is 178 g/mol. The summed E-state index contributed by atoms with van der Waals surface area (Å²) in [5.41, 5.74) is -0.298. The van der Waals surface area contributed by atoms with E-state index >= 15 is 0 Å². The number of hydrogen-bond acceptors (Lipinski definition) is 2. The van der Waals surface area contributed by atoms with Gasteiger partial charge < -0.3 is 5.32 Å². The molecule has 0 atom stereocenters. The molecule has 0 saturated carbocycles. The van der Waals surface area contributed by atoms with E-state index in [1.807, 2.05) is 0 Å². The number of allylic oxidation sites excluding steroid dienone is 2. The fraction of sp³-hybridized carbons (Fsp3) is 0.571. The van der Waals surface area contributed by atoms with E-state index in [0.717, 1.165) is 6.08 Å². The quantitative estimate of drug-likeness (QED) is 0.597. The van der Waals surface area contributed by atoms with Crippen LogP contribution in [-0.2, 0) is 0 Å². The summed E-state index contributed by atoms with van der Waals surface area (Å²) in [5.74, 6) is 0. The minimum atomic E-state index is -4.33. The Hall–Kier alpha value is -1.00. The number of nitrogens with zero attached hydrogens (tertiary/aromatic N) is 1. The van der Waals surface area contributed by atoms with Crippen molar-refractivity contribution in [2.45, 2.75) is 13.1 Å². The van der Waals surface area contributed by atoms with Gasteiger partial charge in [-0.1, -0.05) is 0 Å². The smallest absolute Gasteiger partial charge is 0.387 e. The number of alkyl halides is 3. The molecule has 1 heterocycles. The summed E-state index contributed by atoms with van der Waals surface area (Å²) in [6.45, 7) is 2.22. The minimum Gasteiger partial charge on any atom is -0.387 e. The van der Waals surface area contributed by atoms with Gasteiger partial charge in [0.05, 0.1) is 6.54 Å². The predicted octanol–water partition coefficient (Wildman–Crippen LogP) is 1.50. The van der Waals surface area contributed by atoms with Crippen molar-refractivity contribution in [3.63, 3.8) is 0 Å². The molecule has 0 aromatic heterocycles. The van der Waals surface area contributed by atoms with Crippen molar-refractivity contribution < 1.29 is 13.2 Å². The van der Waals surface area contributed by atoms with Gasteiger partial charge in [-0.3, -0.25) is 4.99 Å².